The minimum Gasteiger partial charge on any atom is -0.481 e. The monoisotopic (exact) mass is 213 g/mol. The van der Waals surface area contributed by atoms with Gasteiger partial charge in [-0.1, -0.05) is 13.8 Å². The first-order chi connectivity index (χ1) is 6.91. The Labute approximate surface area is 87.8 Å². The second-order valence-corrected chi connectivity index (χ2v) is 4.03. The highest BCUT2D eigenvalue weighted by Gasteiger charge is 2.45. The van der Waals surface area contributed by atoms with Gasteiger partial charge in [-0.3, -0.25) is 14.4 Å². The van der Waals surface area contributed by atoms with Crippen LogP contribution in [0.2, 0.25) is 0 Å². The Hall–Kier alpha value is -1.39. The highest BCUT2D eigenvalue weighted by molar-refractivity contribution is 6.10. The van der Waals surface area contributed by atoms with Gasteiger partial charge in [0, 0.05) is 0 Å². The Morgan fingerprint density at radius 1 is 1.60 bits per heavy atom. The van der Waals surface area contributed by atoms with E-state index in [0.29, 0.717) is 6.42 Å². The normalized spacial score (nSPS) is 27.6. The average molecular weight is 213 g/mol. The standard InChI is InChI=1S/C10H15NO4/c1-3-10(5-6(2)9(14)15)7(12)4-8(13)11-10/h6H,3-5H2,1-2H3,(H,11,13)(H,14,15)/t6-,10+/m1/s1. The van der Waals surface area contributed by atoms with E-state index >= 15 is 0 Å². The average Bonchev–Trinajstić information content (AvgIpc) is 2.42. The lowest BCUT2D eigenvalue weighted by Gasteiger charge is -2.27. The van der Waals surface area contributed by atoms with Crippen molar-refractivity contribution in [2.24, 2.45) is 5.92 Å². The molecule has 2 atom stereocenters. The summed E-state index contributed by atoms with van der Waals surface area (Å²) in [5.74, 6) is -2.08. The number of Topliss-reactive ketones (excluding diaryl/α,β-unsaturated/α-hetero) is 1. The summed E-state index contributed by atoms with van der Waals surface area (Å²) in [7, 11) is 0. The van der Waals surface area contributed by atoms with E-state index < -0.39 is 17.4 Å². The maximum atomic E-state index is 11.6. The number of hydrogen-bond donors (Lipinski definition) is 2. The van der Waals surface area contributed by atoms with Gasteiger partial charge in [0.25, 0.3) is 0 Å². The Balaban J connectivity index is 2.82. The number of carbonyl (C=O) groups is 3. The van der Waals surface area contributed by atoms with E-state index in [4.69, 9.17) is 5.11 Å². The maximum Gasteiger partial charge on any atom is 0.306 e. The van der Waals surface area contributed by atoms with Crippen molar-refractivity contribution >= 4 is 17.7 Å². The number of carboxylic acids is 1. The van der Waals surface area contributed by atoms with Crippen molar-refractivity contribution in [3.05, 3.63) is 0 Å². The minimum absolute atomic E-state index is 0.125. The Bertz CT molecular complexity index is 313. The lowest BCUT2D eigenvalue weighted by molar-refractivity contribution is -0.142. The largest absolute Gasteiger partial charge is 0.481 e. The molecular weight excluding hydrogens is 198 g/mol. The van der Waals surface area contributed by atoms with E-state index in [1.54, 1.807) is 6.92 Å². The molecule has 0 radical (unpaired) electrons. The molecule has 84 valence electrons. The molecule has 0 aromatic rings. The van der Waals surface area contributed by atoms with Crippen molar-refractivity contribution in [2.45, 2.75) is 38.6 Å². The molecule has 5 nitrogen and oxygen atoms in total. The number of amides is 1. The molecule has 1 rings (SSSR count). The van der Waals surface area contributed by atoms with Crippen LogP contribution in [-0.2, 0) is 14.4 Å². The highest BCUT2D eigenvalue weighted by atomic mass is 16.4. The molecule has 0 aliphatic carbocycles. The van der Waals surface area contributed by atoms with Crippen molar-refractivity contribution in [1.29, 1.82) is 0 Å². The summed E-state index contributed by atoms with van der Waals surface area (Å²) >= 11 is 0. The van der Waals surface area contributed by atoms with Crippen LogP contribution in [0.4, 0.5) is 0 Å². The predicted octanol–water partition coefficient (Wildman–Crippen LogP) is 0.335. The molecule has 0 aromatic carbocycles. The molecule has 1 aliphatic rings. The lowest BCUT2D eigenvalue weighted by atomic mass is 9.83. The van der Waals surface area contributed by atoms with Gasteiger partial charge >= 0.3 is 5.97 Å². The molecule has 1 fully saturated rings. The van der Waals surface area contributed by atoms with Crippen LogP contribution in [0.5, 0.6) is 0 Å². The van der Waals surface area contributed by atoms with Crippen LogP contribution in [0, 0.1) is 5.92 Å². The van der Waals surface area contributed by atoms with Crippen LogP contribution >= 0.6 is 0 Å². The first kappa shape index (κ1) is 11.7. The molecule has 2 N–H and O–H groups in total. The molecular formula is C10H15NO4. The van der Waals surface area contributed by atoms with E-state index in [-0.39, 0.29) is 24.5 Å². The number of carbonyl (C=O) groups excluding carboxylic acids is 2. The lowest BCUT2D eigenvalue weighted by Crippen LogP contribution is -2.47. The first-order valence-corrected chi connectivity index (χ1v) is 4.98. The molecule has 5 heteroatoms. The summed E-state index contributed by atoms with van der Waals surface area (Å²) in [6, 6.07) is 0. The van der Waals surface area contributed by atoms with Gasteiger partial charge in [0.15, 0.2) is 5.78 Å². The van der Waals surface area contributed by atoms with Gasteiger partial charge < -0.3 is 10.4 Å². The molecule has 0 bridgehead atoms. The molecule has 15 heavy (non-hydrogen) atoms. The second-order valence-electron chi connectivity index (χ2n) is 4.03. The van der Waals surface area contributed by atoms with Gasteiger partial charge in [-0.15, -0.1) is 0 Å². The Morgan fingerprint density at radius 2 is 2.20 bits per heavy atom. The number of carboxylic acid groups (broad SMARTS) is 1. The summed E-state index contributed by atoms with van der Waals surface area (Å²) in [6.45, 7) is 3.32. The van der Waals surface area contributed by atoms with E-state index in [0.717, 1.165) is 0 Å². The number of ketones is 1. The molecule has 1 amide bonds. The number of nitrogens with one attached hydrogen (secondary N) is 1. The van der Waals surface area contributed by atoms with Crippen molar-refractivity contribution in [3.8, 4) is 0 Å². The zero-order valence-corrected chi connectivity index (χ0v) is 8.87. The quantitative estimate of drug-likeness (QED) is 0.659. The van der Waals surface area contributed by atoms with Crippen molar-refractivity contribution in [3.63, 3.8) is 0 Å². The zero-order valence-electron chi connectivity index (χ0n) is 8.87. The summed E-state index contributed by atoms with van der Waals surface area (Å²) < 4.78 is 0. The second kappa shape index (κ2) is 4.00. The van der Waals surface area contributed by atoms with E-state index in [2.05, 4.69) is 5.32 Å². The number of rotatable bonds is 4. The fourth-order valence-electron chi connectivity index (χ4n) is 1.90. The number of hydrogen-bond acceptors (Lipinski definition) is 3. The van der Waals surface area contributed by atoms with Gasteiger partial charge in [-0.2, -0.15) is 0 Å². The molecule has 0 spiro atoms. The van der Waals surface area contributed by atoms with Gasteiger partial charge in [0.05, 0.1) is 17.9 Å². The molecule has 1 saturated heterocycles. The minimum atomic E-state index is -0.950. The molecule has 0 aromatic heterocycles. The first-order valence-electron chi connectivity index (χ1n) is 4.98. The molecule has 1 heterocycles. The Kier molecular flexibility index (Phi) is 3.12. The third-order valence-corrected chi connectivity index (χ3v) is 2.91. The van der Waals surface area contributed by atoms with Crippen molar-refractivity contribution < 1.29 is 19.5 Å². The summed E-state index contributed by atoms with van der Waals surface area (Å²) in [4.78, 5) is 33.4. The highest BCUT2D eigenvalue weighted by Crippen LogP contribution is 2.27. The summed E-state index contributed by atoms with van der Waals surface area (Å²) in [6.07, 6.45) is 0.485. The number of aliphatic carboxylic acids is 1. The van der Waals surface area contributed by atoms with Crippen LogP contribution in [0.25, 0.3) is 0 Å². The third kappa shape index (κ3) is 2.16. The van der Waals surface area contributed by atoms with Crippen LogP contribution in [-0.4, -0.2) is 28.3 Å². The third-order valence-electron chi connectivity index (χ3n) is 2.91. The van der Waals surface area contributed by atoms with E-state index in [1.165, 1.54) is 6.92 Å². The van der Waals surface area contributed by atoms with Crippen LogP contribution in [0.15, 0.2) is 0 Å². The summed E-state index contributed by atoms with van der Waals surface area (Å²) in [5, 5.41) is 11.4. The molecule has 0 unspecified atom stereocenters. The van der Waals surface area contributed by atoms with Gasteiger partial charge in [0.2, 0.25) is 5.91 Å². The SMILES string of the molecule is CC[C@@]1(C[C@@H](C)C(=O)O)NC(=O)CC1=O. The fraction of sp³-hybridized carbons (Fsp3) is 0.700. The van der Waals surface area contributed by atoms with Crippen molar-refractivity contribution in [1.82, 2.24) is 5.32 Å². The van der Waals surface area contributed by atoms with Gasteiger partial charge in [0.1, 0.15) is 0 Å². The van der Waals surface area contributed by atoms with E-state index in [9.17, 15) is 14.4 Å². The van der Waals surface area contributed by atoms with Crippen LogP contribution < -0.4 is 5.32 Å². The summed E-state index contributed by atoms with van der Waals surface area (Å²) in [5.41, 5.74) is -0.950. The fourth-order valence-corrected chi connectivity index (χ4v) is 1.90. The van der Waals surface area contributed by atoms with Gasteiger partial charge in [-0.25, -0.2) is 0 Å². The van der Waals surface area contributed by atoms with E-state index in [1.807, 2.05) is 0 Å². The molecule has 0 saturated carbocycles. The maximum absolute atomic E-state index is 11.6. The predicted molar refractivity (Wildman–Crippen MR) is 52.2 cm³/mol. The van der Waals surface area contributed by atoms with Gasteiger partial charge in [-0.05, 0) is 12.8 Å². The smallest absolute Gasteiger partial charge is 0.306 e. The van der Waals surface area contributed by atoms with Crippen LogP contribution in [0.3, 0.4) is 0 Å². The van der Waals surface area contributed by atoms with Crippen molar-refractivity contribution in [2.75, 3.05) is 0 Å². The molecule has 1 aliphatic heterocycles. The zero-order chi connectivity index (χ0) is 11.6. The van der Waals surface area contributed by atoms with Crippen LogP contribution in [0.1, 0.15) is 33.1 Å². The topological polar surface area (TPSA) is 83.5 Å². The Morgan fingerprint density at radius 3 is 2.53 bits per heavy atom.